The average molecular weight is 410 g/mol. The van der Waals surface area contributed by atoms with Crippen molar-refractivity contribution in [2.75, 3.05) is 25.5 Å². The van der Waals surface area contributed by atoms with E-state index in [2.05, 4.69) is 15.2 Å². The molecule has 3 rings (SSSR count). The molecule has 0 radical (unpaired) electrons. The Hall–Kier alpha value is -1.97. The molecule has 1 aliphatic rings. The number of hydrogen-bond acceptors (Lipinski definition) is 7. The minimum atomic E-state index is -3.46. The Morgan fingerprint density at radius 3 is 2.63 bits per heavy atom. The fourth-order valence-corrected chi connectivity index (χ4v) is 6.22. The third-order valence-corrected chi connectivity index (χ3v) is 8.45. The zero-order valence-electron chi connectivity index (χ0n) is 15.5. The minimum Gasteiger partial charge on any atom is -0.507 e. The van der Waals surface area contributed by atoms with Crippen LogP contribution in [-0.4, -0.2) is 54.7 Å². The van der Waals surface area contributed by atoms with Crippen molar-refractivity contribution in [1.82, 2.24) is 9.88 Å². The quantitative estimate of drug-likeness (QED) is 0.805. The molecule has 1 saturated heterocycles. The zero-order valence-corrected chi connectivity index (χ0v) is 17.2. The Balaban J connectivity index is 1.77. The monoisotopic (exact) mass is 409 g/mol. The molecule has 1 fully saturated rings. The predicted octanol–water partition coefficient (Wildman–Crippen LogP) is 2.59. The number of piperidine rings is 1. The van der Waals surface area contributed by atoms with Crippen LogP contribution in [0.5, 0.6) is 5.75 Å². The molecule has 7 nitrogen and oxygen atoms in total. The smallest absolute Gasteiger partial charge is 0.261 e. The summed E-state index contributed by atoms with van der Waals surface area (Å²) in [6, 6.07) is 3.36. The molecule has 2 N–H and O–H groups in total. The number of anilines is 1. The number of nitrogens with one attached hydrogen (secondary N) is 1. The average Bonchev–Trinajstić information content (AvgIpc) is 3.07. The van der Waals surface area contributed by atoms with Gasteiger partial charge in [0, 0.05) is 0 Å². The normalized spacial score (nSPS) is 16.4. The van der Waals surface area contributed by atoms with E-state index in [1.165, 1.54) is 6.20 Å². The molecule has 146 valence electrons. The summed E-state index contributed by atoms with van der Waals surface area (Å²) < 4.78 is 25.8. The molecular weight excluding hydrogens is 386 g/mol. The van der Waals surface area contributed by atoms with Gasteiger partial charge in [0.25, 0.3) is 5.91 Å². The lowest BCUT2D eigenvalue weighted by Crippen LogP contribution is -2.36. The lowest BCUT2D eigenvalue weighted by atomic mass is 10.1. The van der Waals surface area contributed by atoms with Crippen molar-refractivity contribution in [3.8, 4) is 5.75 Å². The Morgan fingerprint density at radius 1 is 1.30 bits per heavy atom. The third kappa shape index (κ3) is 4.15. The van der Waals surface area contributed by atoms with Crippen LogP contribution in [-0.2, 0) is 9.84 Å². The number of sulfone groups is 1. The van der Waals surface area contributed by atoms with Crippen molar-refractivity contribution in [2.24, 2.45) is 0 Å². The summed E-state index contributed by atoms with van der Waals surface area (Å²) in [5, 5.41) is 12.5. The van der Waals surface area contributed by atoms with Crippen LogP contribution in [0.2, 0.25) is 0 Å². The van der Waals surface area contributed by atoms with E-state index in [9.17, 15) is 18.3 Å². The highest BCUT2D eigenvalue weighted by atomic mass is 32.2. The van der Waals surface area contributed by atoms with Crippen molar-refractivity contribution >= 4 is 32.2 Å². The molecule has 0 atom stereocenters. The number of amides is 1. The number of carbonyl (C=O) groups is 1. The summed E-state index contributed by atoms with van der Waals surface area (Å²) in [5.41, 5.74) is 1.59. The van der Waals surface area contributed by atoms with Gasteiger partial charge in [-0.05, 0) is 64.0 Å². The zero-order chi connectivity index (χ0) is 19.8. The number of likely N-dealkylation sites (tertiary alicyclic amines) is 1. The SMILES string of the molecule is Cc1cc(C)c(O)c(C(=O)Nc2ncc(S(=O)(=O)C3CCN(C)CC3)s2)c1. The molecule has 9 heteroatoms. The standard InChI is InChI=1S/C18H23N3O4S2/c1-11-8-12(2)16(22)14(9-11)17(23)20-18-19-10-15(26-18)27(24,25)13-4-6-21(3)7-5-13/h8-10,13,22H,4-7H2,1-3H3,(H,19,20,23). The first-order valence-electron chi connectivity index (χ1n) is 8.68. The van der Waals surface area contributed by atoms with Crippen molar-refractivity contribution in [3.63, 3.8) is 0 Å². The molecule has 2 aromatic rings. The molecule has 1 aromatic carbocycles. The van der Waals surface area contributed by atoms with Crippen LogP contribution in [0.25, 0.3) is 0 Å². The van der Waals surface area contributed by atoms with Gasteiger partial charge >= 0.3 is 0 Å². The summed E-state index contributed by atoms with van der Waals surface area (Å²) in [7, 11) is -1.48. The van der Waals surface area contributed by atoms with Crippen LogP contribution in [0.3, 0.4) is 0 Å². The van der Waals surface area contributed by atoms with Crippen LogP contribution in [0.1, 0.15) is 34.3 Å². The molecule has 1 aliphatic heterocycles. The molecule has 0 saturated carbocycles. The maximum Gasteiger partial charge on any atom is 0.261 e. The lowest BCUT2D eigenvalue weighted by Gasteiger charge is -2.28. The third-order valence-electron chi connectivity index (χ3n) is 4.78. The second-order valence-electron chi connectivity index (χ2n) is 6.96. The summed E-state index contributed by atoms with van der Waals surface area (Å²) in [6.07, 6.45) is 2.49. The first kappa shape index (κ1) is 19.8. The first-order chi connectivity index (χ1) is 12.7. The van der Waals surface area contributed by atoms with Gasteiger partial charge in [-0.1, -0.05) is 17.4 Å². The number of aryl methyl sites for hydroxylation is 2. The van der Waals surface area contributed by atoms with E-state index in [0.717, 1.165) is 30.0 Å². The Morgan fingerprint density at radius 2 is 1.96 bits per heavy atom. The van der Waals surface area contributed by atoms with Crippen molar-refractivity contribution in [1.29, 1.82) is 0 Å². The summed E-state index contributed by atoms with van der Waals surface area (Å²) in [5.74, 6) is -0.606. The van der Waals surface area contributed by atoms with Gasteiger partial charge in [0.05, 0.1) is 17.0 Å². The molecule has 0 bridgehead atoms. The maximum absolute atomic E-state index is 12.8. The highest BCUT2D eigenvalue weighted by Gasteiger charge is 2.32. The topological polar surface area (TPSA) is 99.6 Å². The van der Waals surface area contributed by atoms with E-state index < -0.39 is 21.0 Å². The van der Waals surface area contributed by atoms with Crippen molar-refractivity contribution in [2.45, 2.75) is 36.1 Å². The Kier molecular flexibility index (Phi) is 5.55. The van der Waals surface area contributed by atoms with E-state index in [1.807, 2.05) is 14.0 Å². The molecular formula is C18H23N3O4S2. The van der Waals surface area contributed by atoms with Gasteiger partial charge in [0.15, 0.2) is 15.0 Å². The molecule has 2 heterocycles. The number of nitrogens with zero attached hydrogens (tertiary/aromatic N) is 2. The second-order valence-corrected chi connectivity index (χ2v) is 10.4. The van der Waals surface area contributed by atoms with E-state index >= 15 is 0 Å². The van der Waals surface area contributed by atoms with Crippen LogP contribution < -0.4 is 5.32 Å². The number of phenols is 1. The minimum absolute atomic E-state index is 0.0890. The first-order valence-corrected chi connectivity index (χ1v) is 11.0. The summed E-state index contributed by atoms with van der Waals surface area (Å²) in [4.78, 5) is 18.6. The predicted molar refractivity (Wildman–Crippen MR) is 105 cm³/mol. The molecule has 0 spiro atoms. The molecule has 0 aliphatic carbocycles. The Bertz CT molecular complexity index is 961. The van der Waals surface area contributed by atoms with Crippen LogP contribution in [0.15, 0.2) is 22.5 Å². The van der Waals surface area contributed by atoms with Crippen LogP contribution in [0, 0.1) is 13.8 Å². The number of aromatic nitrogens is 1. The van der Waals surface area contributed by atoms with Gasteiger partial charge < -0.3 is 10.0 Å². The second kappa shape index (κ2) is 7.57. The fraction of sp³-hybridized carbons (Fsp3) is 0.444. The molecule has 0 unspecified atom stereocenters. The number of aromatic hydroxyl groups is 1. The largest absolute Gasteiger partial charge is 0.507 e. The van der Waals surface area contributed by atoms with E-state index in [4.69, 9.17) is 0 Å². The van der Waals surface area contributed by atoms with Gasteiger partial charge in [0.1, 0.15) is 9.96 Å². The van der Waals surface area contributed by atoms with Crippen molar-refractivity contribution in [3.05, 3.63) is 35.0 Å². The van der Waals surface area contributed by atoms with Gasteiger partial charge in [-0.25, -0.2) is 13.4 Å². The number of benzene rings is 1. The fourth-order valence-electron chi connectivity index (χ4n) is 3.21. The Labute approximate surface area is 163 Å². The van der Waals surface area contributed by atoms with Crippen LogP contribution in [0.4, 0.5) is 5.13 Å². The van der Waals surface area contributed by atoms with E-state index in [1.54, 1.807) is 19.1 Å². The van der Waals surface area contributed by atoms with Crippen molar-refractivity contribution < 1.29 is 18.3 Å². The molecule has 27 heavy (non-hydrogen) atoms. The van der Waals surface area contributed by atoms with E-state index in [0.29, 0.717) is 18.4 Å². The number of rotatable bonds is 4. The van der Waals surface area contributed by atoms with Gasteiger partial charge in [0.2, 0.25) is 0 Å². The maximum atomic E-state index is 12.8. The van der Waals surface area contributed by atoms with Crippen LogP contribution >= 0.6 is 11.3 Å². The molecule has 1 amide bonds. The highest BCUT2D eigenvalue weighted by molar-refractivity contribution is 7.94. The summed E-state index contributed by atoms with van der Waals surface area (Å²) >= 11 is 0.945. The number of hydrogen-bond donors (Lipinski definition) is 2. The van der Waals surface area contributed by atoms with Gasteiger partial charge in [-0.2, -0.15) is 0 Å². The number of carbonyl (C=O) groups excluding carboxylic acids is 1. The highest BCUT2D eigenvalue weighted by Crippen LogP contribution is 2.31. The molecule has 1 aromatic heterocycles. The number of thiazole rings is 1. The lowest BCUT2D eigenvalue weighted by molar-refractivity contribution is 0.102. The summed E-state index contributed by atoms with van der Waals surface area (Å²) in [6.45, 7) is 5.05. The van der Waals surface area contributed by atoms with E-state index in [-0.39, 0.29) is 20.7 Å². The van der Waals surface area contributed by atoms with Gasteiger partial charge in [-0.3, -0.25) is 10.1 Å². The number of phenolic OH excluding ortho intramolecular Hbond substituents is 1. The van der Waals surface area contributed by atoms with Gasteiger partial charge in [-0.15, -0.1) is 0 Å².